The van der Waals surface area contributed by atoms with Crippen LogP contribution < -0.4 is 5.32 Å². The number of hydrogen-bond acceptors (Lipinski definition) is 5. The van der Waals surface area contributed by atoms with E-state index in [1.807, 2.05) is 6.20 Å². The number of carbonyl (C=O) groups excluding carboxylic acids is 1. The van der Waals surface area contributed by atoms with E-state index in [4.69, 9.17) is 21.3 Å². The van der Waals surface area contributed by atoms with E-state index < -0.39 is 11.9 Å². The Bertz CT molecular complexity index is 939. The van der Waals surface area contributed by atoms with Crippen molar-refractivity contribution in [2.24, 2.45) is 5.92 Å². The molecular weight excluding hydrogens is 423 g/mol. The minimum Gasteiger partial charge on any atom is -0.394 e. The van der Waals surface area contributed by atoms with E-state index >= 15 is 0 Å². The van der Waals surface area contributed by atoms with Gasteiger partial charge >= 0.3 is 6.03 Å². The fraction of sp³-hybridized carbons (Fsp3) is 0.500. The SMILES string of the molecule is O=C(N[C@H](CO)c1ccc(Cl)c(F)c1)N1CCc2cnc(CC3CCCOC3)nc2C1. The van der Waals surface area contributed by atoms with Crippen LogP contribution in [0.15, 0.2) is 24.4 Å². The standard InChI is InChI=1S/C22H26ClFN4O3/c23-17-4-3-15(9-18(17)24)20(12-29)27-22(30)28-6-5-16-10-25-21(26-19(16)11-28)8-14-2-1-7-31-13-14/h3-4,9-10,14,20,29H,1-2,5-8,11-13H2,(H,27,30)/t14?,20-/m1/s1. The van der Waals surface area contributed by atoms with Crippen molar-refractivity contribution >= 4 is 17.6 Å². The Morgan fingerprint density at radius 1 is 1.45 bits per heavy atom. The first kappa shape index (κ1) is 21.9. The summed E-state index contributed by atoms with van der Waals surface area (Å²) >= 11 is 5.73. The van der Waals surface area contributed by atoms with E-state index in [-0.39, 0.29) is 17.7 Å². The zero-order chi connectivity index (χ0) is 21.8. The van der Waals surface area contributed by atoms with Gasteiger partial charge in [-0.1, -0.05) is 17.7 Å². The summed E-state index contributed by atoms with van der Waals surface area (Å²) in [6.45, 7) is 2.09. The molecule has 0 radical (unpaired) electrons. The van der Waals surface area contributed by atoms with Crippen LogP contribution in [0.2, 0.25) is 5.02 Å². The number of nitrogens with zero attached hydrogens (tertiary/aromatic N) is 3. The van der Waals surface area contributed by atoms with E-state index in [0.717, 1.165) is 49.6 Å². The first-order chi connectivity index (χ1) is 15.0. The minimum atomic E-state index is -0.729. The lowest BCUT2D eigenvalue weighted by Gasteiger charge is -2.30. The molecule has 7 nitrogen and oxygen atoms in total. The van der Waals surface area contributed by atoms with Gasteiger partial charge in [0, 0.05) is 32.4 Å². The van der Waals surface area contributed by atoms with Gasteiger partial charge in [-0.25, -0.2) is 19.2 Å². The van der Waals surface area contributed by atoms with Gasteiger partial charge in [-0.2, -0.15) is 0 Å². The highest BCUT2D eigenvalue weighted by Crippen LogP contribution is 2.23. The van der Waals surface area contributed by atoms with Gasteiger partial charge < -0.3 is 20.1 Å². The summed E-state index contributed by atoms with van der Waals surface area (Å²) in [6, 6.07) is 3.16. The Kier molecular flexibility index (Phi) is 6.99. The van der Waals surface area contributed by atoms with E-state index in [1.54, 1.807) is 11.0 Å². The number of hydrogen-bond donors (Lipinski definition) is 2. The number of aliphatic hydroxyl groups is 1. The Morgan fingerprint density at radius 3 is 3.06 bits per heavy atom. The molecule has 9 heteroatoms. The summed E-state index contributed by atoms with van der Waals surface area (Å²) in [5.74, 6) is 0.618. The molecule has 1 aromatic heterocycles. The maximum absolute atomic E-state index is 13.8. The third-order valence-corrected chi connectivity index (χ3v) is 6.14. The number of fused-ring (bicyclic) bond motifs is 1. The molecule has 1 saturated heterocycles. The molecule has 2 aromatic rings. The van der Waals surface area contributed by atoms with Gasteiger partial charge in [-0.15, -0.1) is 0 Å². The summed E-state index contributed by atoms with van der Waals surface area (Å²) in [5, 5.41) is 12.5. The van der Waals surface area contributed by atoms with Crippen LogP contribution >= 0.6 is 11.6 Å². The van der Waals surface area contributed by atoms with Crippen LogP contribution in [0.25, 0.3) is 0 Å². The third-order valence-electron chi connectivity index (χ3n) is 5.84. The Morgan fingerprint density at radius 2 is 2.32 bits per heavy atom. The second kappa shape index (κ2) is 9.89. The van der Waals surface area contributed by atoms with Crippen LogP contribution in [-0.2, 0) is 24.1 Å². The summed E-state index contributed by atoms with van der Waals surface area (Å²) in [6.07, 6.45) is 5.47. The molecular formula is C22H26ClFN4O3. The molecule has 0 aliphatic carbocycles. The van der Waals surface area contributed by atoms with Crippen molar-refractivity contribution in [3.63, 3.8) is 0 Å². The number of rotatable bonds is 5. The summed E-state index contributed by atoms with van der Waals surface area (Å²) in [4.78, 5) is 23.7. The maximum Gasteiger partial charge on any atom is 0.318 e. The number of aliphatic hydroxyl groups excluding tert-OH is 1. The van der Waals surface area contributed by atoms with E-state index in [0.29, 0.717) is 31.0 Å². The summed E-state index contributed by atoms with van der Waals surface area (Å²) in [7, 11) is 0. The zero-order valence-corrected chi connectivity index (χ0v) is 17.9. The minimum absolute atomic E-state index is 0.00492. The van der Waals surface area contributed by atoms with Gasteiger partial charge in [0.15, 0.2) is 0 Å². The van der Waals surface area contributed by atoms with Crippen molar-refractivity contribution < 1.29 is 19.0 Å². The highest BCUT2D eigenvalue weighted by molar-refractivity contribution is 6.30. The van der Waals surface area contributed by atoms with Gasteiger partial charge in [0.2, 0.25) is 0 Å². The van der Waals surface area contributed by atoms with Crippen molar-refractivity contribution in [2.75, 3.05) is 26.4 Å². The fourth-order valence-corrected chi connectivity index (χ4v) is 4.16. The molecule has 2 amide bonds. The predicted octanol–water partition coefficient (Wildman–Crippen LogP) is 3.04. The van der Waals surface area contributed by atoms with Crippen molar-refractivity contribution in [1.82, 2.24) is 20.2 Å². The number of nitrogens with one attached hydrogen (secondary N) is 1. The molecule has 166 valence electrons. The summed E-state index contributed by atoms with van der Waals surface area (Å²) < 4.78 is 19.3. The van der Waals surface area contributed by atoms with Gasteiger partial charge in [0.1, 0.15) is 11.6 Å². The second-order valence-electron chi connectivity index (χ2n) is 8.08. The van der Waals surface area contributed by atoms with Crippen LogP contribution in [0.3, 0.4) is 0 Å². The molecule has 2 aliphatic heterocycles. The Balaban J connectivity index is 1.41. The van der Waals surface area contributed by atoms with Crippen molar-refractivity contribution in [1.29, 1.82) is 0 Å². The van der Waals surface area contributed by atoms with Gasteiger partial charge in [-0.3, -0.25) is 0 Å². The molecule has 2 atom stereocenters. The van der Waals surface area contributed by atoms with Crippen molar-refractivity contribution in [3.05, 3.63) is 57.9 Å². The van der Waals surface area contributed by atoms with Crippen LogP contribution in [0.5, 0.6) is 0 Å². The van der Waals surface area contributed by atoms with Crippen LogP contribution in [-0.4, -0.2) is 52.4 Å². The lowest BCUT2D eigenvalue weighted by atomic mass is 9.98. The zero-order valence-electron chi connectivity index (χ0n) is 17.2. The Labute approximate surface area is 185 Å². The average Bonchev–Trinajstić information content (AvgIpc) is 2.79. The third kappa shape index (κ3) is 5.31. The van der Waals surface area contributed by atoms with Crippen LogP contribution in [0.1, 0.15) is 41.5 Å². The van der Waals surface area contributed by atoms with E-state index in [1.165, 1.54) is 12.1 Å². The first-order valence-electron chi connectivity index (χ1n) is 10.6. The van der Waals surface area contributed by atoms with Gasteiger partial charge in [0.25, 0.3) is 0 Å². The highest BCUT2D eigenvalue weighted by Gasteiger charge is 2.25. The van der Waals surface area contributed by atoms with Gasteiger partial charge in [-0.05, 0) is 48.4 Å². The van der Waals surface area contributed by atoms with Crippen LogP contribution in [0.4, 0.5) is 9.18 Å². The van der Waals surface area contributed by atoms with Crippen molar-refractivity contribution in [3.8, 4) is 0 Å². The number of aromatic nitrogens is 2. The van der Waals surface area contributed by atoms with E-state index in [9.17, 15) is 14.3 Å². The summed E-state index contributed by atoms with van der Waals surface area (Å²) in [5.41, 5.74) is 2.35. The quantitative estimate of drug-likeness (QED) is 0.734. The second-order valence-corrected chi connectivity index (χ2v) is 8.48. The normalized spacial score (nSPS) is 19.6. The Hall–Kier alpha value is -2.29. The molecule has 0 spiro atoms. The number of benzene rings is 1. The lowest BCUT2D eigenvalue weighted by Crippen LogP contribution is -2.45. The number of halogens is 2. The number of ether oxygens (including phenoxy) is 1. The molecule has 31 heavy (non-hydrogen) atoms. The monoisotopic (exact) mass is 448 g/mol. The lowest BCUT2D eigenvalue weighted by molar-refractivity contribution is 0.0542. The number of amides is 2. The highest BCUT2D eigenvalue weighted by atomic mass is 35.5. The maximum atomic E-state index is 13.8. The molecule has 2 aliphatic rings. The van der Waals surface area contributed by atoms with Crippen molar-refractivity contribution in [2.45, 2.75) is 38.3 Å². The molecule has 0 bridgehead atoms. The topological polar surface area (TPSA) is 87.6 Å². The largest absolute Gasteiger partial charge is 0.394 e. The van der Waals surface area contributed by atoms with E-state index in [2.05, 4.69) is 10.3 Å². The predicted molar refractivity (Wildman–Crippen MR) is 113 cm³/mol. The number of carbonyl (C=O) groups is 1. The molecule has 3 heterocycles. The molecule has 1 unspecified atom stereocenters. The fourth-order valence-electron chi connectivity index (χ4n) is 4.05. The number of urea groups is 1. The molecule has 1 fully saturated rings. The molecule has 4 rings (SSSR count). The van der Waals surface area contributed by atoms with Gasteiger partial charge in [0.05, 0.1) is 29.9 Å². The first-order valence-corrected chi connectivity index (χ1v) is 10.9. The molecule has 0 saturated carbocycles. The molecule has 2 N–H and O–H groups in total. The smallest absolute Gasteiger partial charge is 0.318 e. The van der Waals surface area contributed by atoms with Crippen LogP contribution in [0, 0.1) is 11.7 Å². The average molecular weight is 449 g/mol. The molecule has 1 aromatic carbocycles.